The molecule has 0 saturated carbocycles. The Balaban J connectivity index is 1.35. The number of fused-ring (bicyclic) bond motifs is 2. The van der Waals surface area contributed by atoms with Gasteiger partial charge in [0.15, 0.2) is 11.4 Å². The van der Waals surface area contributed by atoms with Crippen LogP contribution in [0.1, 0.15) is 27.2 Å². The average Bonchev–Trinajstić information content (AvgIpc) is 3.58. The molecule has 2 fully saturated rings. The quantitative estimate of drug-likeness (QED) is 0.152. The number of rotatable bonds is 5. The van der Waals surface area contributed by atoms with Crippen molar-refractivity contribution in [3.63, 3.8) is 0 Å². The zero-order chi connectivity index (χ0) is 26.4. The van der Waals surface area contributed by atoms with E-state index in [1.165, 1.54) is 12.0 Å². The van der Waals surface area contributed by atoms with Crippen LogP contribution in [0.4, 0.5) is 4.79 Å². The van der Waals surface area contributed by atoms with Gasteiger partial charge < -0.3 is 34.2 Å². The van der Waals surface area contributed by atoms with E-state index in [0.717, 1.165) is 5.56 Å². The summed E-state index contributed by atoms with van der Waals surface area (Å²) in [7, 11) is 1.52. The highest BCUT2D eigenvalue weighted by molar-refractivity contribution is 6.08. The molecule has 196 valence electrons. The molecule has 0 aliphatic carbocycles. The maximum Gasteiger partial charge on any atom is 0.322 e. The molecule has 3 aliphatic heterocycles. The fourth-order valence-corrected chi connectivity index (χ4v) is 5.21. The van der Waals surface area contributed by atoms with E-state index in [2.05, 4.69) is 15.8 Å². The van der Waals surface area contributed by atoms with Crippen LogP contribution in [-0.2, 0) is 21.6 Å². The van der Waals surface area contributed by atoms with Crippen molar-refractivity contribution in [2.24, 2.45) is 5.16 Å². The van der Waals surface area contributed by atoms with E-state index in [-0.39, 0.29) is 24.8 Å². The van der Waals surface area contributed by atoms with Gasteiger partial charge >= 0.3 is 6.03 Å². The number of amides is 4. The van der Waals surface area contributed by atoms with Gasteiger partial charge in [-0.1, -0.05) is 11.2 Å². The second kappa shape index (κ2) is 9.06. The number of benzene rings is 2. The lowest BCUT2D eigenvalue weighted by molar-refractivity contribution is -0.125. The number of urea groups is 1. The predicted molar refractivity (Wildman–Crippen MR) is 133 cm³/mol. The minimum Gasteiger partial charge on any atom is -0.497 e. The first-order valence-corrected chi connectivity index (χ1v) is 12.1. The molecule has 1 atom stereocenters. The Kier molecular flexibility index (Phi) is 5.68. The van der Waals surface area contributed by atoms with Crippen molar-refractivity contribution < 1.29 is 33.5 Å². The average molecular weight is 520 g/mol. The van der Waals surface area contributed by atoms with E-state index >= 15 is 0 Å². The molecule has 4 heterocycles. The molecule has 6 rings (SSSR count). The van der Waals surface area contributed by atoms with Gasteiger partial charge in [-0.3, -0.25) is 14.9 Å². The second-order valence-electron chi connectivity index (χ2n) is 9.38. The minimum absolute atomic E-state index is 0.135. The Morgan fingerprint density at radius 2 is 1.95 bits per heavy atom. The summed E-state index contributed by atoms with van der Waals surface area (Å²) in [4.78, 5) is 42.2. The number of nitrogens with one attached hydrogen (secondary N) is 2. The summed E-state index contributed by atoms with van der Waals surface area (Å²) in [5.41, 5.74) is 0.775. The summed E-state index contributed by atoms with van der Waals surface area (Å²) >= 11 is 0. The number of carbonyl (C=O) groups excluding carboxylic acids is 3. The van der Waals surface area contributed by atoms with Crippen LogP contribution in [-0.4, -0.2) is 78.6 Å². The van der Waals surface area contributed by atoms with Crippen LogP contribution in [0.15, 0.2) is 52.0 Å². The van der Waals surface area contributed by atoms with Gasteiger partial charge in [0.25, 0.3) is 11.8 Å². The second-order valence-corrected chi connectivity index (χ2v) is 9.38. The number of amidine groups is 1. The lowest BCUT2D eigenvalue weighted by atomic mass is 9.95. The van der Waals surface area contributed by atoms with Gasteiger partial charge in [-0.05, 0) is 42.0 Å². The third-order valence-electron chi connectivity index (χ3n) is 7.17. The van der Waals surface area contributed by atoms with E-state index in [1.54, 1.807) is 36.4 Å². The van der Waals surface area contributed by atoms with Crippen LogP contribution >= 0.6 is 0 Å². The molecule has 0 radical (unpaired) electrons. The fourth-order valence-electron chi connectivity index (χ4n) is 5.21. The number of morpholine rings is 1. The largest absolute Gasteiger partial charge is 0.497 e. The Labute approximate surface area is 216 Å². The van der Waals surface area contributed by atoms with Crippen LogP contribution in [0.2, 0.25) is 0 Å². The number of imide groups is 1. The summed E-state index contributed by atoms with van der Waals surface area (Å²) in [6.07, 6.45) is 0. The summed E-state index contributed by atoms with van der Waals surface area (Å²) in [6, 6.07) is 11.5. The first-order chi connectivity index (χ1) is 18.4. The van der Waals surface area contributed by atoms with E-state index < -0.39 is 17.5 Å². The van der Waals surface area contributed by atoms with Gasteiger partial charge in [-0.2, -0.15) is 0 Å². The number of oxime groups is 1. The first kappa shape index (κ1) is 23.8. The molecule has 2 aromatic carbocycles. The smallest absolute Gasteiger partial charge is 0.322 e. The highest BCUT2D eigenvalue weighted by Gasteiger charge is 2.53. The summed E-state index contributed by atoms with van der Waals surface area (Å²) < 4.78 is 16.7. The third kappa shape index (κ3) is 3.80. The van der Waals surface area contributed by atoms with Crippen LogP contribution in [0.5, 0.6) is 5.75 Å². The Morgan fingerprint density at radius 3 is 2.66 bits per heavy atom. The van der Waals surface area contributed by atoms with E-state index in [0.29, 0.717) is 60.0 Å². The number of ether oxygens (including phenoxy) is 2. The number of nitrogens with zero attached hydrogens (tertiary/aromatic N) is 3. The standard InChI is InChI=1S/C26H25N5O7/c1-36-18-4-2-16-13-31(23(32)19(16)12-18)14-26(24(33)27-25(34)28-26)21-11-17-10-15(3-5-20(17)38-21)22(29-35)30-6-8-37-9-7-30/h2-5,10-12,35H,6-9,13-14H2,1H3,(H2,27,28,33,34). The molecule has 1 unspecified atom stereocenters. The van der Waals surface area contributed by atoms with Crippen LogP contribution in [0.3, 0.4) is 0 Å². The molecule has 38 heavy (non-hydrogen) atoms. The maximum atomic E-state index is 13.2. The number of hydrogen-bond acceptors (Lipinski definition) is 8. The highest BCUT2D eigenvalue weighted by Crippen LogP contribution is 2.35. The van der Waals surface area contributed by atoms with Crippen molar-refractivity contribution >= 4 is 34.7 Å². The monoisotopic (exact) mass is 519 g/mol. The first-order valence-electron chi connectivity index (χ1n) is 12.1. The van der Waals surface area contributed by atoms with Crippen LogP contribution in [0, 0.1) is 0 Å². The predicted octanol–water partition coefficient (Wildman–Crippen LogP) is 1.60. The van der Waals surface area contributed by atoms with E-state index in [1.807, 2.05) is 11.0 Å². The van der Waals surface area contributed by atoms with Crippen molar-refractivity contribution in [1.82, 2.24) is 20.4 Å². The summed E-state index contributed by atoms with van der Waals surface area (Å²) in [6.45, 7) is 2.36. The van der Waals surface area contributed by atoms with Gasteiger partial charge in [0.2, 0.25) is 0 Å². The third-order valence-corrected chi connectivity index (χ3v) is 7.17. The molecule has 1 aromatic heterocycles. The molecule has 3 aliphatic rings. The molecule has 3 aromatic rings. The minimum atomic E-state index is -1.63. The van der Waals surface area contributed by atoms with Crippen molar-refractivity contribution in [3.8, 4) is 5.75 Å². The number of hydrogen-bond donors (Lipinski definition) is 3. The molecule has 3 N–H and O–H groups in total. The molecule has 0 bridgehead atoms. The van der Waals surface area contributed by atoms with Gasteiger partial charge in [-0.25, -0.2) is 4.79 Å². The van der Waals surface area contributed by atoms with Gasteiger partial charge in [0, 0.05) is 36.1 Å². The maximum absolute atomic E-state index is 13.2. The summed E-state index contributed by atoms with van der Waals surface area (Å²) in [5, 5.41) is 18.8. The van der Waals surface area contributed by atoms with Gasteiger partial charge in [-0.15, -0.1) is 0 Å². The number of carbonyl (C=O) groups is 3. The fraction of sp³-hybridized carbons (Fsp3) is 0.308. The van der Waals surface area contributed by atoms with Crippen molar-refractivity contribution in [3.05, 3.63) is 64.9 Å². The normalized spacial score (nSPS) is 21.6. The molecule has 2 saturated heterocycles. The molecule has 12 heteroatoms. The van der Waals surface area contributed by atoms with Gasteiger partial charge in [0.1, 0.15) is 17.1 Å². The molecular formula is C26H25N5O7. The number of furan rings is 1. The van der Waals surface area contributed by atoms with Crippen LogP contribution in [0.25, 0.3) is 11.0 Å². The summed E-state index contributed by atoms with van der Waals surface area (Å²) in [5.74, 6) is 0.240. The van der Waals surface area contributed by atoms with E-state index in [4.69, 9.17) is 13.9 Å². The topological polar surface area (TPSA) is 146 Å². The van der Waals surface area contributed by atoms with Crippen molar-refractivity contribution in [2.75, 3.05) is 40.0 Å². The Bertz CT molecular complexity index is 1490. The lowest BCUT2D eigenvalue weighted by Crippen LogP contribution is -2.52. The number of methoxy groups -OCH3 is 1. The zero-order valence-electron chi connectivity index (χ0n) is 20.5. The Morgan fingerprint density at radius 1 is 1.13 bits per heavy atom. The molecule has 12 nitrogen and oxygen atoms in total. The van der Waals surface area contributed by atoms with Crippen LogP contribution < -0.4 is 15.4 Å². The van der Waals surface area contributed by atoms with Crippen molar-refractivity contribution in [2.45, 2.75) is 12.1 Å². The molecule has 4 amide bonds. The molecular weight excluding hydrogens is 494 g/mol. The van der Waals surface area contributed by atoms with Crippen molar-refractivity contribution in [1.29, 1.82) is 0 Å². The molecule has 0 spiro atoms. The highest BCUT2D eigenvalue weighted by atomic mass is 16.5. The van der Waals surface area contributed by atoms with E-state index in [9.17, 15) is 19.6 Å². The zero-order valence-corrected chi connectivity index (χ0v) is 20.5. The Hall–Kier alpha value is -4.58. The lowest BCUT2D eigenvalue weighted by Gasteiger charge is -2.29. The van der Waals surface area contributed by atoms with Gasteiger partial charge in [0.05, 0.1) is 26.9 Å². The SMILES string of the molecule is COc1ccc2c(c1)C(=O)N(CC1(c3cc4cc(C(=NO)N5CCOCC5)ccc4o3)NC(=O)NC1=O)C2.